The van der Waals surface area contributed by atoms with E-state index >= 15 is 0 Å². The molecule has 6 nitrogen and oxygen atoms in total. The molecule has 0 N–H and O–H groups in total. The molecule has 0 fully saturated rings. The lowest BCUT2D eigenvalue weighted by molar-refractivity contribution is -0.119. The summed E-state index contributed by atoms with van der Waals surface area (Å²) in [4.78, 5) is 30.4. The maximum absolute atomic E-state index is 14.1. The zero-order valence-corrected chi connectivity index (χ0v) is 27.7. The number of carbonyl (C=O) groups excluding carboxylic acids is 2. The van der Waals surface area contributed by atoms with Crippen LogP contribution in [-0.4, -0.2) is 31.4 Å². The molecule has 0 atom stereocenters. The van der Waals surface area contributed by atoms with Gasteiger partial charge >= 0.3 is 10.1 Å². The van der Waals surface area contributed by atoms with Crippen molar-refractivity contribution < 1.29 is 22.2 Å². The van der Waals surface area contributed by atoms with Gasteiger partial charge in [-0.25, -0.2) is 0 Å². The Kier molecular flexibility index (Phi) is 8.07. The molecule has 8 heteroatoms. The second kappa shape index (κ2) is 11.6. The summed E-state index contributed by atoms with van der Waals surface area (Å²) >= 11 is 5.92. The summed E-state index contributed by atoms with van der Waals surface area (Å²) in [5, 5.41) is 0.424. The summed E-state index contributed by atoms with van der Waals surface area (Å²) in [5.74, 6) is -0.252. The minimum atomic E-state index is -4.08. The second-order valence-electron chi connectivity index (χ2n) is 14.0. The molecule has 0 unspecified atom stereocenters. The van der Waals surface area contributed by atoms with E-state index in [1.165, 1.54) is 29.8 Å². The monoisotopic (exact) mass is 643 g/mol. The van der Waals surface area contributed by atoms with Crippen LogP contribution in [0.25, 0.3) is 0 Å². The molecule has 45 heavy (non-hydrogen) atoms. The topological polar surface area (TPSA) is 80.8 Å². The average Bonchev–Trinajstić information content (AvgIpc) is 2.95. The molecule has 0 saturated heterocycles. The summed E-state index contributed by atoms with van der Waals surface area (Å²) in [5.41, 5.74) is 4.94. The van der Waals surface area contributed by atoms with Crippen LogP contribution in [0.2, 0.25) is 5.02 Å². The first-order valence-electron chi connectivity index (χ1n) is 15.4. The van der Waals surface area contributed by atoms with Crippen molar-refractivity contribution in [3.8, 4) is 5.75 Å². The minimum Gasteiger partial charge on any atom is -0.379 e. The quantitative estimate of drug-likeness (QED) is 0.243. The second-order valence-corrected chi connectivity index (χ2v) is 16.0. The van der Waals surface area contributed by atoms with Crippen molar-refractivity contribution in [2.75, 3.05) is 6.54 Å². The molecule has 3 aliphatic rings. The van der Waals surface area contributed by atoms with Crippen molar-refractivity contribution in [1.82, 2.24) is 4.90 Å². The van der Waals surface area contributed by atoms with E-state index in [1.807, 2.05) is 18.2 Å². The third-order valence-corrected chi connectivity index (χ3v) is 10.5. The molecule has 2 aliphatic carbocycles. The number of hydrogen-bond acceptors (Lipinski definition) is 6. The molecule has 0 bridgehead atoms. The zero-order chi connectivity index (χ0) is 32.1. The van der Waals surface area contributed by atoms with Crippen LogP contribution in [0.5, 0.6) is 5.75 Å². The molecule has 3 aromatic carbocycles. The number of Topliss-reactive ketones (excluding diaryl/α,β-unsaturated/α-hetero) is 2. The number of rotatable bonds is 7. The van der Waals surface area contributed by atoms with Crippen LogP contribution in [0.4, 0.5) is 0 Å². The van der Waals surface area contributed by atoms with E-state index in [9.17, 15) is 18.0 Å². The van der Waals surface area contributed by atoms with Gasteiger partial charge in [0.15, 0.2) is 11.6 Å². The Hall–Kier alpha value is -3.68. The van der Waals surface area contributed by atoms with Gasteiger partial charge in [0.2, 0.25) is 0 Å². The number of benzene rings is 3. The van der Waals surface area contributed by atoms with Crippen LogP contribution in [0.15, 0.2) is 106 Å². The highest BCUT2D eigenvalue weighted by atomic mass is 35.5. The Bertz CT molecular complexity index is 1770. The van der Waals surface area contributed by atoms with Crippen LogP contribution in [-0.2, 0) is 26.1 Å². The largest absolute Gasteiger partial charge is 0.379 e. The highest BCUT2D eigenvalue weighted by Gasteiger charge is 2.48. The van der Waals surface area contributed by atoms with E-state index in [2.05, 4.69) is 44.7 Å². The number of carbonyl (C=O) groups is 2. The number of halogens is 1. The molecule has 0 spiro atoms. The maximum Gasteiger partial charge on any atom is 0.339 e. The lowest BCUT2D eigenvalue weighted by Crippen LogP contribution is -2.45. The first-order valence-corrected chi connectivity index (χ1v) is 17.2. The van der Waals surface area contributed by atoms with Crippen molar-refractivity contribution in [3.63, 3.8) is 0 Å². The van der Waals surface area contributed by atoms with Gasteiger partial charge in [-0.15, -0.1) is 0 Å². The maximum atomic E-state index is 14.1. The number of ketones is 2. The summed E-state index contributed by atoms with van der Waals surface area (Å²) in [7, 11) is -4.08. The molecular formula is C37H38ClNO5S. The highest BCUT2D eigenvalue weighted by Crippen LogP contribution is 2.54. The van der Waals surface area contributed by atoms with Gasteiger partial charge in [0.25, 0.3) is 0 Å². The van der Waals surface area contributed by atoms with Crippen molar-refractivity contribution in [2.45, 2.75) is 70.6 Å². The third-order valence-electron chi connectivity index (χ3n) is 9.01. The van der Waals surface area contributed by atoms with Crippen molar-refractivity contribution in [3.05, 3.63) is 118 Å². The smallest absolute Gasteiger partial charge is 0.339 e. The first-order chi connectivity index (χ1) is 21.2. The van der Waals surface area contributed by atoms with E-state index in [0.717, 1.165) is 36.2 Å². The van der Waals surface area contributed by atoms with Crippen molar-refractivity contribution >= 4 is 33.3 Å². The zero-order valence-electron chi connectivity index (χ0n) is 26.1. The van der Waals surface area contributed by atoms with Gasteiger partial charge in [-0.05, 0) is 77.6 Å². The van der Waals surface area contributed by atoms with Crippen LogP contribution in [0, 0.1) is 10.8 Å². The summed E-state index contributed by atoms with van der Waals surface area (Å²) in [6, 6.07) is 22.8. The lowest BCUT2D eigenvalue weighted by Gasteiger charge is -2.49. The predicted molar refractivity (Wildman–Crippen MR) is 175 cm³/mol. The number of allylic oxidation sites excluding steroid dienone is 4. The fourth-order valence-corrected chi connectivity index (χ4v) is 8.08. The number of hydrogen-bond donors (Lipinski definition) is 0. The van der Waals surface area contributed by atoms with E-state index in [-0.39, 0.29) is 33.0 Å². The summed E-state index contributed by atoms with van der Waals surface area (Å²) in [6.45, 7) is 9.20. The Balaban J connectivity index is 1.42. The lowest BCUT2D eigenvalue weighted by atomic mass is 9.63. The average molecular weight is 644 g/mol. The van der Waals surface area contributed by atoms with Crippen molar-refractivity contribution in [1.29, 1.82) is 0 Å². The van der Waals surface area contributed by atoms with E-state index < -0.39 is 16.0 Å². The molecular weight excluding hydrogens is 606 g/mol. The van der Waals surface area contributed by atoms with Gasteiger partial charge in [-0.2, -0.15) is 8.42 Å². The molecule has 0 aromatic heterocycles. The molecule has 0 saturated carbocycles. The highest BCUT2D eigenvalue weighted by molar-refractivity contribution is 7.87. The summed E-state index contributed by atoms with van der Waals surface area (Å²) < 4.78 is 31.3. The first kappa shape index (κ1) is 31.3. The van der Waals surface area contributed by atoms with Gasteiger partial charge < -0.3 is 9.08 Å². The molecule has 1 heterocycles. The van der Waals surface area contributed by atoms with Crippen LogP contribution in [0.3, 0.4) is 0 Å². The standard InChI is InChI=1S/C37H38ClNO5S/c1-36(2)20-29-34(31(40)22-36)33(25-10-14-27(15-11-25)44-45(42,43)28-16-12-26(38)13-17-28)35-30(21-37(3,4)23-32(35)41)39(29)19-18-24-8-6-5-7-9-24/h5-17,33H,18-23H2,1-4H3. The van der Waals surface area contributed by atoms with Gasteiger partial charge in [-0.3, -0.25) is 9.59 Å². The Morgan fingerprint density at radius 1 is 0.756 bits per heavy atom. The SMILES string of the molecule is CC1(C)CC(=O)C2=C(C1)N(CCc1ccccc1)C1=C(C(=O)CC(C)(C)C1)C2c1ccc(OS(=O)(=O)c2ccc(Cl)cc2)cc1. The molecule has 1 aliphatic heterocycles. The van der Waals surface area contributed by atoms with E-state index in [0.29, 0.717) is 35.6 Å². The van der Waals surface area contributed by atoms with Gasteiger partial charge in [0.05, 0.1) is 0 Å². The van der Waals surface area contributed by atoms with Crippen LogP contribution < -0.4 is 4.18 Å². The third kappa shape index (κ3) is 6.38. The molecule has 234 valence electrons. The van der Waals surface area contributed by atoms with Gasteiger partial charge in [0.1, 0.15) is 10.6 Å². The Labute approximate surface area is 270 Å². The Morgan fingerprint density at radius 3 is 1.82 bits per heavy atom. The number of nitrogens with zero attached hydrogens (tertiary/aromatic N) is 1. The van der Waals surface area contributed by atoms with Gasteiger partial charge in [-0.1, -0.05) is 81.8 Å². The predicted octanol–water partition coefficient (Wildman–Crippen LogP) is 8.04. The van der Waals surface area contributed by atoms with Crippen LogP contribution in [0.1, 0.15) is 70.4 Å². The fraction of sp³-hybridized carbons (Fsp3) is 0.351. The molecule has 3 aromatic rings. The molecule has 0 amide bonds. The molecule has 6 rings (SSSR count). The summed E-state index contributed by atoms with van der Waals surface area (Å²) in [6.07, 6.45) is 3.04. The Morgan fingerprint density at radius 2 is 1.29 bits per heavy atom. The van der Waals surface area contributed by atoms with Crippen molar-refractivity contribution in [2.24, 2.45) is 10.8 Å². The minimum absolute atomic E-state index is 0.00530. The normalized spacial score (nSPS) is 19.8. The van der Waals surface area contributed by atoms with E-state index in [4.69, 9.17) is 15.8 Å². The van der Waals surface area contributed by atoms with Gasteiger partial charge in [0, 0.05) is 52.9 Å². The molecule has 0 radical (unpaired) electrons. The fourth-order valence-electron chi connectivity index (χ4n) is 7.03. The van der Waals surface area contributed by atoms with E-state index in [1.54, 1.807) is 24.3 Å². The van der Waals surface area contributed by atoms with Crippen LogP contribution >= 0.6 is 11.6 Å².